The van der Waals surface area contributed by atoms with Crippen LogP contribution in [0.2, 0.25) is 0 Å². The van der Waals surface area contributed by atoms with Crippen LogP contribution in [0.1, 0.15) is 23.1 Å². The molecule has 2 heterocycles. The molecule has 0 saturated heterocycles. The molecule has 3 rings (SSSR count). The van der Waals surface area contributed by atoms with Crippen molar-refractivity contribution in [2.45, 2.75) is 13.5 Å². The first kappa shape index (κ1) is 18.1. The number of rotatable bonds is 6. The van der Waals surface area contributed by atoms with E-state index in [9.17, 15) is 9.59 Å². The van der Waals surface area contributed by atoms with Gasteiger partial charge in [0.15, 0.2) is 0 Å². The Morgan fingerprint density at radius 1 is 0.889 bits per heavy atom. The van der Waals surface area contributed by atoms with Gasteiger partial charge in [-0.2, -0.15) is 0 Å². The van der Waals surface area contributed by atoms with Crippen LogP contribution in [-0.2, 0) is 11.3 Å². The molecule has 136 valence electrons. The van der Waals surface area contributed by atoms with Gasteiger partial charge in [0.2, 0.25) is 5.91 Å². The average molecular weight is 361 g/mol. The van der Waals surface area contributed by atoms with Crippen molar-refractivity contribution < 1.29 is 9.59 Å². The van der Waals surface area contributed by atoms with Crippen molar-refractivity contribution in [2.75, 3.05) is 10.6 Å². The zero-order valence-electron chi connectivity index (χ0n) is 14.8. The highest BCUT2D eigenvalue weighted by atomic mass is 16.2. The molecule has 0 unspecified atom stereocenters. The van der Waals surface area contributed by atoms with Crippen LogP contribution in [0.5, 0.6) is 0 Å². The molecular formula is C20H19N5O2. The van der Waals surface area contributed by atoms with E-state index in [1.807, 2.05) is 30.3 Å². The fourth-order valence-electron chi connectivity index (χ4n) is 2.37. The lowest BCUT2D eigenvalue weighted by Crippen LogP contribution is -2.24. The number of aromatic nitrogens is 2. The van der Waals surface area contributed by atoms with Crippen LogP contribution >= 0.6 is 0 Å². The Morgan fingerprint density at radius 2 is 1.63 bits per heavy atom. The Bertz CT molecular complexity index is 909. The summed E-state index contributed by atoms with van der Waals surface area (Å²) in [7, 11) is 0. The van der Waals surface area contributed by atoms with Gasteiger partial charge in [-0.15, -0.1) is 0 Å². The normalized spacial score (nSPS) is 10.1. The quantitative estimate of drug-likeness (QED) is 0.627. The highest BCUT2D eigenvalue weighted by molar-refractivity contribution is 5.92. The minimum Gasteiger partial charge on any atom is -0.354 e. The molecule has 7 nitrogen and oxygen atoms in total. The SMILES string of the molecule is CC(=O)Nc1ccc(Nc2ccc(C(=O)NCc3ccccn3)nc2)cc1. The van der Waals surface area contributed by atoms with Crippen molar-refractivity contribution >= 4 is 28.9 Å². The molecule has 0 bridgehead atoms. The van der Waals surface area contributed by atoms with E-state index in [1.165, 1.54) is 6.92 Å². The third kappa shape index (κ3) is 5.37. The predicted octanol–water partition coefficient (Wildman–Crippen LogP) is 3.11. The summed E-state index contributed by atoms with van der Waals surface area (Å²) in [6, 6.07) is 16.3. The molecule has 2 aromatic heterocycles. The highest BCUT2D eigenvalue weighted by Crippen LogP contribution is 2.18. The van der Waals surface area contributed by atoms with Crippen molar-refractivity contribution in [3.63, 3.8) is 0 Å². The van der Waals surface area contributed by atoms with E-state index in [1.54, 1.807) is 36.7 Å². The number of amides is 2. The predicted molar refractivity (Wildman–Crippen MR) is 104 cm³/mol. The van der Waals surface area contributed by atoms with E-state index in [4.69, 9.17) is 0 Å². The molecule has 3 N–H and O–H groups in total. The van der Waals surface area contributed by atoms with Crippen LogP contribution in [0.4, 0.5) is 17.1 Å². The summed E-state index contributed by atoms with van der Waals surface area (Å²) in [4.78, 5) is 31.5. The molecule has 3 aromatic rings. The maximum absolute atomic E-state index is 12.2. The second-order valence-corrected chi connectivity index (χ2v) is 5.82. The zero-order chi connectivity index (χ0) is 19.1. The molecule has 0 fully saturated rings. The van der Waals surface area contributed by atoms with Gasteiger partial charge in [-0.25, -0.2) is 4.98 Å². The van der Waals surface area contributed by atoms with Crippen molar-refractivity contribution in [2.24, 2.45) is 0 Å². The number of anilines is 3. The number of hydrogen-bond donors (Lipinski definition) is 3. The largest absolute Gasteiger partial charge is 0.354 e. The van der Waals surface area contributed by atoms with Gasteiger partial charge in [-0.1, -0.05) is 6.07 Å². The van der Waals surface area contributed by atoms with E-state index in [2.05, 4.69) is 25.9 Å². The number of nitrogens with zero attached hydrogens (tertiary/aromatic N) is 2. The molecule has 2 amide bonds. The third-order valence-corrected chi connectivity index (χ3v) is 3.65. The van der Waals surface area contributed by atoms with Gasteiger partial charge in [0, 0.05) is 24.5 Å². The van der Waals surface area contributed by atoms with Gasteiger partial charge in [-0.05, 0) is 48.5 Å². The summed E-state index contributed by atoms with van der Waals surface area (Å²) in [5.74, 6) is -0.372. The van der Waals surface area contributed by atoms with E-state index >= 15 is 0 Å². The Hall–Kier alpha value is -3.74. The molecule has 0 spiro atoms. The van der Waals surface area contributed by atoms with E-state index in [-0.39, 0.29) is 11.8 Å². The number of benzene rings is 1. The standard InChI is InChI=1S/C20H19N5O2/c1-14(26)24-15-5-7-16(8-6-15)25-18-9-10-19(22-13-18)20(27)23-12-17-4-2-3-11-21-17/h2-11,13,25H,12H2,1H3,(H,23,27)(H,24,26). The minimum absolute atomic E-state index is 0.114. The van der Waals surface area contributed by atoms with Crippen molar-refractivity contribution in [1.82, 2.24) is 15.3 Å². The third-order valence-electron chi connectivity index (χ3n) is 3.65. The number of hydrogen-bond acceptors (Lipinski definition) is 5. The average Bonchev–Trinajstić information content (AvgIpc) is 2.69. The number of carbonyl (C=O) groups excluding carboxylic acids is 2. The van der Waals surface area contributed by atoms with Crippen molar-refractivity contribution in [3.05, 3.63) is 78.4 Å². The second kappa shape index (κ2) is 8.57. The second-order valence-electron chi connectivity index (χ2n) is 5.82. The lowest BCUT2D eigenvalue weighted by Gasteiger charge is -2.09. The van der Waals surface area contributed by atoms with Gasteiger partial charge in [0.05, 0.1) is 24.1 Å². The summed E-state index contributed by atoms with van der Waals surface area (Å²) in [5, 5.41) is 8.69. The van der Waals surface area contributed by atoms with Gasteiger partial charge in [0.1, 0.15) is 5.69 Å². The fourth-order valence-corrected chi connectivity index (χ4v) is 2.37. The smallest absolute Gasteiger partial charge is 0.270 e. The number of nitrogens with one attached hydrogen (secondary N) is 3. The van der Waals surface area contributed by atoms with Crippen molar-refractivity contribution in [1.29, 1.82) is 0 Å². The van der Waals surface area contributed by atoms with Crippen LogP contribution in [0.15, 0.2) is 67.0 Å². The minimum atomic E-state index is -0.258. The van der Waals surface area contributed by atoms with Gasteiger partial charge >= 0.3 is 0 Å². The first-order valence-electron chi connectivity index (χ1n) is 8.39. The summed E-state index contributed by atoms with van der Waals surface area (Å²) in [6.45, 7) is 1.81. The monoisotopic (exact) mass is 361 g/mol. The lowest BCUT2D eigenvalue weighted by molar-refractivity contribution is -0.114. The Balaban J connectivity index is 1.56. The summed E-state index contributed by atoms with van der Waals surface area (Å²) >= 11 is 0. The van der Waals surface area contributed by atoms with E-state index < -0.39 is 0 Å². The summed E-state index contributed by atoms with van der Waals surface area (Å²) < 4.78 is 0. The van der Waals surface area contributed by atoms with Crippen LogP contribution in [-0.4, -0.2) is 21.8 Å². The molecule has 0 atom stereocenters. The van der Waals surface area contributed by atoms with Crippen LogP contribution in [0.25, 0.3) is 0 Å². The molecule has 1 aromatic carbocycles. The molecular weight excluding hydrogens is 342 g/mol. The zero-order valence-corrected chi connectivity index (χ0v) is 14.8. The fraction of sp³-hybridized carbons (Fsp3) is 0.100. The topological polar surface area (TPSA) is 96.0 Å². The van der Waals surface area contributed by atoms with E-state index in [0.29, 0.717) is 12.2 Å². The van der Waals surface area contributed by atoms with Crippen molar-refractivity contribution in [3.8, 4) is 0 Å². The number of carbonyl (C=O) groups is 2. The molecule has 7 heteroatoms. The van der Waals surface area contributed by atoms with Crippen LogP contribution in [0.3, 0.4) is 0 Å². The first-order chi connectivity index (χ1) is 13.1. The van der Waals surface area contributed by atoms with Gasteiger partial charge < -0.3 is 16.0 Å². The number of pyridine rings is 2. The van der Waals surface area contributed by atoms with E-state index in [0.717, 1.165) is 22.8 Å². The van der Waals surface area contributed by atoms with Crippen LogP contribution < -0.4 is 16.0 Å². The molecule has 0 aliphatic rings. The first-order valence-corrected chi connectivity index (χ1v) is 8.39. The maximum Gasteiger partial charge on any atom is 0.270 e. The summed E-state index contributed by atoms with van der Waals surface area (Å²) in [6.07, 6.45) is 3.28. The Morgan fingerprint density at radius 3 is 2.26 bits per heavy atom. The molecule has 0 aliphatic heterocycles. The Kier molecular flexibility index (Phi) is 5.73. The molecule has 27 heavy (non-hydrogen) atoms. The summed E-state index contributed by atoms with van der Waals surface area (Å²) in [5.41, 5.74) is 3.44. The highest BCUT2D eigenvalue weighted by Gasteiger charge is 2.07. The van der Waals surface area contributed by atoms with Crippen LogP contribution in [0, 0.1) is 0 Å². The lowest BCUT2D eigenvalue weighted by atomic mass is 10.2. The molecule has 0 saturated carbocycles. The molecule has 0 aliphatic carbocycles. The van der Waals surface area contributed by atoms with Gasteiger partial charge in [0.25, 0.3) is 5.91 Å². The van der Waals surface area contributed by atoms with Gasteiger partial charge in [-0.3, -0.25) is 14.6 Å². The maximum atomic E-state index is 12.2. The Labute approximate surface area is 156 Å². The molecule has 0 radical (unpaired) electrons.